The molecule has 0 atom stereocenters. The molecule has 3 rings (SSSR count). The molecule has 0 aliphatic carbocycles. The Kier molecular flexibility index (Phi) is 6.82. The molecule has 1 aromatic carbocycles. The summed E-state index contributed by atoms with van der Waals surface area (Å²) >= 11 is 0. The fourth-order valence-corrected chi connectivity index (χ4v) is 3.44. The number of esters is 1. The summed E-state index contributed by atoms with van der Waals surface area (Å²) in [5, 5.41) is 3.05. The number of rotatable bonds is 6. The molecule has 1 aliphatic heterocycles. The Morgan fingerprint density at radius 2 is 1.76 bits per heavy atom. The predicted octanol–water partition coefficient (Wildman–Crippen LogP) is 2.64. The molecule has 0 unspecified atom stereocenters. The van der Waals surface area contributed by atoms with Crippen LogP contribution in [0.15, 0.2) is 36.5 Å². The third-order valence-electron chi connectivity index (χ3n) is 5.07. The van der Waals surface area contributed by atoms with E-state index < -0.39 is 0 Å². The Morgan fingerprint density at radius 1 is 1.07 bits per heavy atom. The van der Waals surface area contributed by atoms with E-state index in [4.69, 9.17) is 4.74 Å². The SMILES string of the molecule is CCOC(=O)c1ccc(N2CCN(CC(=O)Nc3c(C)cccc3C)CC2)nc1. The van der Waals surface area contributed by atoms with Gasteiger partial charge in [0.15, 0.2) is 0 Å². The number of hydrogen-bond donors (Lipinski definition) is 1. The van der Waals surface area contributed by atoms with Gasteiger partial charge in [-0.1, -0.05) is 18.2 Å². The number of hydrogen-bond acceptors (Lipinski definition) is 6. The highest BCUT2D eigenvalue weighted by Gasteiger charge is 2.20. The molecule has 1 amide bonds. The molecule has 1 fully saturated rings. The first-order valence-corrected chi connectivity index (χ1v) is 9.94. The average Bonchev–Trinajstić information content (AvgIpc) is 2.72. The van der Waals surface area contributed by atoms with Crippen LogP contribution in [0.1, 0.15) is 28.4 Å². The Morgan fingerprint density at radius 3 is 2.34 bits per heavy atom. The maximum absolute atomic E-state index is 12.5. The minimum atomic E-state index is -0.355. The number of nitrogens with one attached hydrogen (secondary N) is 1. The molecule has 1 N–H and O–H groups in total. The summed E-state index contributed by atoms with van der Waals surface area (Å²) in [5.41, 5.74) is 3.50. The fraction of sp³-hybridized carbons (Fsp3) is 0.409. The van der Waals surface area contributed by atoms with Crippen LogP contribution in [-0.4, -0.2) is 61.1 Å². The third kappa shape index (κ3) is 5.32. The Balaban J connectivity index is 1.50. The van der Waals surface area contributed by atoms with Crippen molar-refractivity contribution in [2.24, 2.45) is 0 Å². The maximum Gasteiger partial charge on any atom is 0.339 e. The zero-order valence-corrected chi connectivity index (χ0v) is 17.3. The molecule has 1 aliphatic rings. The molecule has 2 heterocycles. The summed E-state index contributed by atoms with van der Waals surface area (Å²) < 4.78 is 4.98. The summed E-state index contributed by atoms with van der Waals surface area (Å²) in [4.78, 5) is 32.9. The molecule has 29 heavy (non-hydrogen) atoms. The number of para-hydroxylation sites is 1. The molecule has 1 aromatic heterocycles. The van der Waals surface area contributed by atoms with Gasteiger partial charge in [0.2, 0.25) is 5.91 Å². The van der Waals surface area contributed by atoms with E-state index in [2.05, 4.69) is 20.1 Å². The zero-order chi connectivity index (χ0) is 20.8. The number of carbonyl (C=O) groups is 2. The van der Waals surface area contributed by atoms with Crippen molar-refractivity contribution in [1.82, 2.24) is 9.88 Å². The van der Waals surface area contributed by atoms with Crippen molar-refractivity contribution < 1.29 is 14.3 Å². The largest absolute Gasteiger partial charge is 0.462 e. The van der Waals surface area contributed by atoms with E-state index >= 15 is 0 Å². The van der Waals surface area contributed by atoms with Gasteiger partial charge in [-0.25, -0.2) is 9.78 Å². The number of aromatic nitrogens is 1. The van der Waals surface area contributed by atoms with Crippen LogP contribution >= 0.6 is 0 Å². The van der Waals surface area contributed by atoms with Crippen LogP contribution < -0.4 is 10.2 Å². The van der Waals surface area contributed by atoms with Gasteiger partial charge in [-0.3, -0.25) is 9.69 Å². The van der Waals surface area contributed by atoms with Crippen molar-refractivity contribution in [3.05, 3.63) is 53.2 Å². The molecule has 0 bridgehead atoms. The van der Waals surface area contributed by atoms with Gasteiger partial charge in [-0.2, -0.15) is 0 Å². The van der Waals surface area contributed by atoms with Crippen molar-refractivity contribution in [3.63, 3.8) is 0 Å². The summed E-state index contributed by atoms with van der Waals surface area (Å²) in [6.45, 7) is 9.62. The Hall–Kier alpha value is -2.93. The van der Waals surface area contributed by atoms with E-state index in [1.807, 2.05) is 38.1 Å². The van der Waals surface area contributed by atoms with E-state index in [1.54, 1.807) is 19.2 Å². The van der Waals surface area contributed by atoms with Gasteiger partial charge in [-0.15, -0.1) is 0 Å². The van der Waals surface area contributed by atoms with Crippen LogP contribution in [0, 0.1) is 13.8 Å². The lowest BCUT2D eigenvalue weighted by atomic mass is 10.1. The van der Waals surface area contributed by atoms with Crippen LogP contribution in [0.4, 0.5) is 11.5 Å². The first-order valence-electron chi connectivity index (χ1n) is 9.94. The van der Waals surface area contributed by atoms with Crippen molar-refractivity contribution in [2.45, 2.75) is 20.8 Å². The van der Waals surface area contributed by atoms with Crippen molar-refractivity contribution in [3.8, 4) is 0 Å². The van der Waals surface area contributed by atoms with Crippen LogP contribution in [0.2, 0.25) is 0 Å². The normalized spacial score (nSPS) is 14.5. The number of piperazine rings is 1. The first-order chi connectivity index (χ1) is 14.0. The predicted molar refractivity (Wildman–Crippen MR) is 113 cm³/mol. The average molecular weight is 396 g/mol. The van der Waals surface area contributed by atoms with Crippen molar-refractivity contribution in [1.29, 1.82) is 0 Å². The second-order valence-corrected chi connectivity index (χ2v) is 7.20. The molecule has 7 heteroatoms. The summed E-state index contributed by atoms with van der Waals surface area (Å²) in [7, 11) is 0. The molecule has 0 spiro atoms. The maximum atomic E-state index is 12.5. The van der Waals surface area contributed by atoms with Crippen LogP contribution in [0.3, 0.4) is 0 Å². The lowest BCUT2D eigenvalue weighted by molar-refractivity contribution is -0.117. The minimum absolute atomic E-state index is 0.00719. The number of nitrogens with zero attached hydrogens (tertiary/aromatic N) is 3. The Labute approximate surface area is 171 Å². The van der Waals surface area contributed by atoms with E-state index in [0.717, 1.165) is 48.8 Å². The number of amides is 1. The highest BCUT2D eigenvalue weighted by molar-refractivity contribution is 5.93. The van der Waals surface area contributed by atoms with Gasteiger partial charge in [0.05, 0.1) is 18.7 Å². The van der Waals surface area contributed by atoms with Gasteiger partial charge in [-0.05, 0) is 44.0 Å². The number of carbonyl (C=O) groups excluding carboxylic acids is 2. The highest BCUT2D eigenvalue weighted by atomic mass is 16.5. The van der Waals surface area contributed by atoms with E-state index in [0.29, 0.717) is 18.7 Å². The van der Waals surface area contributed by atoms with Crippen LogP contribution in [-0.2, 0) is 9.53 Å². The number of pyridine rings is 1. The van der Waals surface area contributed by atoms with E-state index in [-0.39, 0.29) is 11.9 Å². The lowest BCUT2D eigenvalue weighted by Crippen LogP contribution is -2.49. The van der Waals surface area contributed by atoms with E-state index in [9.17, 15) is 9.59 Å². The molecule has 154 valence electrons. The lowest BCUT2D eigenvalue weighted by Gasteiger charge is -2.35. The van der Waals surface area contributed by atoms with Gasteiger partial charge >= 0.3 is 5.97 Å². The molecule has 0 saturated carbocycles. The zero-order valence-electron chi connectivity index (χ0n) is 17.3. The molecular formula is C22H28N4O3. The second-order valence-electron chi connectivity index (χ2n) is 7.20. The van der Waals surface area contributed by atoms with Gasteiger partial charge in [0.25, 0.3) is 0 Å². The van der Waals surface area contributed by atoms with Crippen LogP contribution in [0.5, 0.6) is 0 Å². The van der Waals surface area contributed by atoms with Gasteiger partial charge < -0.3 is 15.0 Å². The summed E-state index contributed by atoms with van der Waals surface area (Å²) in [5.74, 6) is 0.483. The minimum Gasteiger partial charge on any atom is -0.462 e. The molecule has 7 nitrogen and oxygen atoms in total. The van der Waals surface area contributed by atoms with Crippen molar-refractivity contribution in [2.75, 3.05) is 49.5 Å². The van der Waals surface area contributed by atoms with E-state index in [1.165, 1.54) is 0 Å². The topological polar surface area (TPSA) is 74.8 Å². The number of aryl methyl sites for hydroxylation is 2. The molecule has 1 saturated heterocycles. The first kappa shape index (κ1) is 20.8. The van der Waals surface area contributed by atoms with Gasteiger partial charge in [0.1, 0.15) is 5.82 Å². The standard InChI is InChI=1S/C22H28N4O3/c1-4-29-22(28)18-8-9-19(23-14-18)26-12-10-25(11-13-26)15-20(27)24-21-16(2)6-5-7-17(21)3/h5-9,14H,4,10-13,15H2,1-3H3,(H,24,27). The van der Waals surface area contributed by atoms with Crippen LogP contribution in [0.25, 0.3) is 0 Å². The van der Waals surface area contributed by atoms with Crippen molar-refractivity contribution >= 4 is 23.4 Å². The van der Waals surface area contributed by atoms with Gasteiger partial charge in [0, 0.05) is 38.1 Å². The Bertz CT molecular complexity index is 839. The second kappa shape index (κ2) is 9.52. The number of benzene rings is 1. The molecule has 2 aromatic rings. The third-order valence-corrected chi connectivity index (χ3v) is 5.07. The highest BCUT2D eigenvalue weighted by Crippen LogP contribution is 2.19. The number of ether oxygens (including phenoxy) is 1. The summed E-state index contributed by atoms with van der Waals surface area (Å²) in [6, 6.07) is 9.58. The number of anilines is 2. The summed E-state index contributed by atoms with van der Waals surface area (Å²) in [6.07, 6.45) is 1.55. The molecule has 0 radical (unpaired) electrons. The molecular weight excluding hydrogens is 368 g/mol. The quantitative estimate of drug-likeness (QED) is 0.757. The monoisotopic (exact) mass is 396 g/mol. The fourth-order valence-electron chi connectivity index (χ4n) is 3.44. The smallest absolute Gasteiger partial charge is 0.339 e.